The van der Waals surface area contributed by atoms with E-state index >= 15 is 0 Å². The minimum Gasteiger partial charge on any atom is -0.493 e. The van der Waals surface area contributed by atoms with Gasteiger partial charge in [0.1, 0.15) is 0 Å². The fourth-order valence-corrected chi connectivity index (χ4v) is 2.32. The van der Waals surface area contributed by atoms with Gasteiger partial charge in [-0.2, -0.15) is 13.8 Å². The second kappa shape index (κ2) is 6.67. The average molecular weight is 348 g/mol. The number of benzene rings is 1. The number of hydrogen-bond donors (Lipinski definition) is 1. The summed E-state index contributed by atoms with van der Waals surface area (Å²) in [5.41, 5.74) is 6.16. The van der Waals surface area contributed by atoms with Gasteiger partial charge in [0.05, 0.1) is 12.6 Å². The fraction of sp³-hybridized carbons (Fsp3) is 0.429. The highest BCUT2D eigenvalue weighted by molar-refractivity contribution is 5.85. The largest absolute Gasteiger partial charge is 0.493 e. The molecule has 3 rings (SSSR count). The van der Waals surface area contributed by atoms with Gasteiger partial charge in [0, 0.05) is 5.56 Å². The lowest BCUT2D eigenvalue weighted by molar-refractivity contribution is -0.0512. The van der Waals surface area contributed by atoms with E-state index in [4.69, 9.17) is 15.0 Å². The standard InChI is InChI=1S/C14H15F2N3O3.ClH/c1-20-10-7-8(3-4-9(10)21-13(15)16)11-18-12(19-22-11)14(17)5-2-6-14;/h3-4,7,13H,2,5-6,17H2,1H3;1H. The van der Waals surface area contributed by atoms with E-state index in [0.29, 0.717) is 11.4 Å². The number of aromatic nitrogens is 2. The molecule has 1 aliphatic carbocycles. The lowest BCUT2D eigenvalue weighted by Gasteiger charge is -2.34. The summed E-state index contributed by atoms with van der Waals surface area (Å²) in [6.45, 7) is -2.93. The van der Waals surface area contributed by atoms with Gasteiger partial charge in [-0.3, -0.25) is 0 Å². The van der Waals surface area contributed by atoms with E-state index in [1.807, 2.05) is 0 Å². The minimum absolute atomic E-state index is 0. The predicted molar refractivity (Wildman–Crippen MR) is 79.9 cm³/mol. The summed E-state index contributed by atoms with van der Waals surface area (Å²) < 4.78 is 39.2. The second-order valence-electron chi connectivity index (χ2n) is 5.18. The molecule has 0 radical (unpaired) electrons. The Kier molecular flexibility index (Phi) is 5.06. The van der Waals surface area contributed by atoms with E-state index in [9.17, 15) is 8.78 Å². The highest BCUT2D eigenvalue weighted by Gasteiger charge is 2.39. The van der Waals surface area contributed by atoms with Crippen LogP contribution >= 0.6 is 12.4 Å². The van der Waals surface area contributed by atoms with Crippen LogP contribution in [0.15, 0.2) is 22.7 Å². The molecule has 0 aliphatic heterocycles. The van der Waals surface area contributed by atoms with Crippen LogP contribution in [0.3, 0.4) is 0 Å². The number of alkyl halides is 2. The van der Waals surface area contributed by atoms with E-state index in [1.165, 1.54) is 19.2 Å². The lowest BCUT2D eigenvalue weighted by atomic mass is 9.77. The van der Waals surface area contributed by atoms with Gasteiger partial charge in [0.15, 0.2) is 17.3 Å². The maximum absolute atomic E-state index is 12.3. The Bertz CT molecular complexity index is 677. The summed E-state index contributed by atoms with van der Waals surface area (Å²) in [6, 6.07) is 4.41. The van der Waals surface area contributed by atoms with Crippen LogP contribution in [0.1, 0.15) is 25.1 Å². The molecular weight excluding hydrogens is 332 g/mol. The molecule has 126 valence electrons. The molecule has 0 unspecified atom stereocenters. The number of rotatable bonds is 5. The minimum atomic E-state index is -2.93. The molecule has 1 aromatic heterocycles. The summed E-state index contributed by atoms with van der Waals surface area (Å²) in [5.74, 6) is 0.813. The summed E-state index contributed by atoms with van der Waals surface area (Å²) in [7, 11) is 1.36. The Labute approximate surface area is 137 Å². The quantitative estimate of drug-likeness (QED) is 0.894. The third-order valence-electron chi connectivity index (χ3n) is 3.74. The number of nitrogens with two attached hydrogens (primary N) is 1. The highest BCUT2D eigenvalue weighted by atomic mass is 35.5. The van der Waals surface area contributed by atoms with Crippen molar-refractivity contribution in [3.05, 3.63) is 24.0 Å². The van der Waals surface area contributed by atoms with Crippen molar-refractivity contribution in [2.24, 2.45) is 5.73 Å². The van der Waals surface area contributed by atoms with Crippen molar-refractivity contribution in [2.45, 2.75) is 31.4 Å². The Morgan fingerprint density at radius 3 is 2.61 bits per heavy atom. The lowest BCUT2D eigenvalue weighted by Crippen LogP contribution is -2.44. The molecule has 2 N–H and O–H groups in total. The van der Waals surface area contributed by atoms with Crippen LogP contribution in [0.5, 0.6) is 11.5 Å². The average Bonchev–Trinajstić information content (AvgIpc) is 2.94. The van der Waals surface area contributed by atoms with Crippen molar-refractivity contribution in [2.75, 3.05) is 7.11 Å². The third kappa shape index (κ3) is 3.37. The molecule has 1 aromatic carbocycles. The summed E-state index contributed by atoms with van der Waals surface area (Å²) in [6.07, 6.45) is 2.67. The van der Waals surface area contributed by atoms with Crippen molar-refractivity contribution >= 4 is 12.4 Å². The fourth-order valence-electron chi connectivity index (χ4n) is 2.32. The first-order valence-electron chi connectivity index (χ1n) is 6.78. The molecule has 0 spiro atoms. The highest BCUT2D eigenvalue weighted by Crippen LogP contribution is 2.38. The maximum atomic E-state index is 12.3. The number of ether oxygens (including phenoxy) is 2. The molecule has 0 saturated heterocycles. The van der Waals surface area contributed by atoms with Gasteiger partial charge in [-0.25, -0.2) is 0 Å². The van der Waals surface area contributed by atoms with Crippen molar-refractivity contribution < 1.29 is 22.8 Å². The van der Waals surface area contributed by atoms with Crippen LogP contribution in [0.2, 0.25) is 0 Å². The Balaban J connectivity index is 0.00000192. The normalized spacial score (nSPS) is 15.7. The van der Waals surface area contributed by atoms with Crippen LogP contribution < -0.4 is 15.2 Å². The van der Waals surface area contributed by atoms with Crippen molar-refractivity contribution in [3.63, 3.8) is 0 Å². The molecule has 0 bridgehead atoms. The Morgan fingerprint density at radius 1 is 1.30 bits per heavy atom. The SMILES string of the molecule is COc1cc(-c2nc(C3(N)CCC3)no2)ccc1OC(F)F.Cl. The smallest absolute Gasteiger partial charge is 0.387 e. The third-order valence-corrected chi connectivity index (χ3v) is 3.74. The number of methoxy groups -OCH3 is 1. The number of hydrogen-bond acceptors (Lipinski definition) is 6. The van der Waals surface area contributed by atoms with E-state index in [-0.39, 0.29) is 29.8 Å². The zero-order valence-electron chi connectivity index (χ0n) is 12.3. The number of halogens is 3. The first-order chi connectivity index (χ1) is 10.5. The molecule has 1 saturated carbocycles. The van der Waals surface area contributed by atoms with Gasteiger partial charge in [-0.1, -0.05) is 5.16 Å². The molecule has 23 heavy (non-hydrogen) atoms. The Morgan fingerprint density at radius 2 is 2.04 bits per heavy atom. The molecule has 2 aromatic rings. The van der Waals surface area contributed by atoms with Crippen LogP contribution in [-0.4, -0.2) is 23.9 Å². The van der Waals surface area contributed by atoms with Crippen molar-refractivity contribution in [1.29, 1.82) is 0 Å². The molecular formula is C14H16ClF2N3O3. The molecule has 0 amide bonds. The van der Waals surface area contributed by atoms with Gasteiger partial charge in [-0.05, 0) is 37.5 Å². The summed E-state index contributed by atoms with van der Waals surface area (Å²) in [4.78, 5) is 4.29. The first-order valence-corrected chi connectivity index (χ1v) is 6.78. The molecule has 1 fully saturated rings. The number of nitrogens with zero attached hydrogens (tertiary/aromatic N) is 2. The van der Waals surface area contributed by atoms with Crippen molar-refractivity contribution in [1.82, 2.24) is 10.1 Å². The predicted octanol–water partition coefficient (Wildman–Crippen LogP) is 3.11. The molecule has 0 atom stereocenters. The zero-order valence-corrected chi connectivity index (χ0v) is 13.1. The molecule has 6 nitrogen and oxygen atoms in total. The second-order valence-corrected chi connectivity index (χ2v) is 5.18. The van der Waals surface area contributed by atoms with Crippen LogP contribution in [0, 0.1) is 0 Å². The monoisotopic (exact) mass is 347 g/mol. The van der Waals surface area contributed by atoms with Crippen LogP contribution in [-0.2, 0) is 5.54 Å². The van der Waals surface area contributed by atoms with E-state index < -0.39 is 12.2 Å². The van der Waals surface area contributed by atoms with E-state index in [0.717, 1.165) is 19.3 Å². The topological polar surface area (TPSA) is 83.4 Å². The van der Waals surface area contributed by atoms with Crippen LogP contribution in [0.4, 0.5) is 8.78 Å². The summed E-state index contributed by atoms with van der Waals surface area (Å²) in [5, 5.41) is 3.91. The zero-order chi connectivity index (χ0) is 15.7. The van der Waals surface area contributed by atoms with Gasteiger partial charge in [0.2, 0.25) is 0 Å². The van der Waals surface area contributed by atoms with Gasteiger partial charge in [-0.15, -0.1) is 12.4 Å². The summed E-state index contributed by atoms with van der Waals surface area (Å²) >= 11 is 0. The van der Waals surface area contributed by atoms with Gasteiger partial charge >= 0.3 is 6.61 Å². The molecule has 1 heterocycles. The molecule has 9 heteroatoms. The van der Waals surface area contributed by atoms with Crippen LogP contribution in [0.25, 0.3) is 11.5 Å². The van der Waals surface area contributed by atoms with E-state index in [2.05, 4.69) is 14.9 Å². The molecule has 1 aliphatic rings. The first kappa shape index (κ1) is 17.4. The van der Waals surface area contributed by atoms with Gasteiger partial charge < -0.3 is 19.7 Å². The Hall–Kier alpha value is -1.93. The van der Waals surface area contributed by atoms with Gasteiger partial charge in [0.25, 0.3) is 5.89 Å². The van der Waals surface area contributed by atoms with E-state index in [1.54, 1.807) is 6.07 Å². The van der Waals surface area contributed by atoms with Crippen molar-refractivity contribution in [3.8, 4) is 23.0 Å². The maximum Gasteiger partial charge on any atom is 0.387 e.